The van der Waals surface area contributed by atoms with Crippen LogP contribution in [0.15, 0.2) is 48.8 Å². The van der Waals surface area contributed by atoms with E-state index in [-0.39, 0.29) is 18.0 Å². The molecule has 1 heterocycles. The molecule has 0 aliphatic carbocycles. The minimum absolute atomic E-state index is 0.00868. The van der Waals surface area contributed by atoms with Crippen LogP contribution in [0.25, 0.3) is 10.9 Å². The summed E-state index contributed by atoms with van der Waals surface area (Å²) in [5.41, 5.74) is 0.850. The summed E-state index contributed by atoms with van der Waals surface area (Å²) in [6.45, 7) is -0.00868. The van der Waals surface area contributed by atoms with Crippen LogP contribution in [0.4, 0.5) is 15.9 Å². The van der Waals surface area contributed by atoms with Gasteiger partial charge in [-0.2, -0.15) is 0 Å². The third-order valence-electron chi connectivity index (χ3n) is 3.16. The largest absolute Gasteiger partial charge is 0.360 e. The number of amides is 1. The van der Waals surface area contributed by atoms with Gasteiger partial charge < -0.3 is 10.6 Å². The fourth-order valence-corrected chi connectivity index (χ4v) is 2.22. The number of halogens is 2. The fraction of sp³-hybridized carbons (Fsp3) is 0.0625. The second-order valence-corrected chi connectivity index (χ2v) is 5.20. The van der Waals surface area contributed by atoms with E-state index in [1.165, 1.54) is 12.4 Å². The Morgan fingerprint density at radius 1 is 1.13 bits per heavy atom. The molecule has 0 fully saturated rings. The molecular weight excluding hydrogens is 319 g/mol. The number of para-hydroxylation sites is 1. The summed E-state index contributed by atoms with van der Waals surface area (Å²) >= 11 is 5.79. The summed E-state index contributed by atoms with van der Waals surface area (Å²) in [6, 6.07) is 11.4. The predicted octanol–water partition coefficient (Wildman–Crippen LogP) is 3.47. The monoisotopic (exact) mass is 330 g/mol. The number of hydrogen-bond acceptors (Lipinski definition) is 4. The summed E-state index contributed by atoms with van der Waals surface area (Å²) < 4.78 is 13.7. The van der Waals surface area contributed by atoms with Gasteiger partial charge in [0.25, 0.3) is 0 Å². The van der Waals surface area contributed by atoms with E-state index in [2.05, 4.69) is 20.6 Å². The molecule has 7 heteroatoms. The third-order valence-corrected chi connectivity index (χ3v) is 3.41. The molecule has 0 saturated carbocycles. The molecule has 2 aromatic carbocycles. The molecule has 3 rings (SSSR count). The maximum absolute atomic E-state index is 13.7. The van der Waals surface area contributed by atoms with Gasteiger partial charge in [0.1, 0.15) is 23.5 Å². The molecule has 0 unspecified atom stereocenters. The highest BCUT2D eigenvalue weighted by Crippen LogP contribution is 2.21. The van der Waals surface area contributed by atoms with Crippen LogP contribution in [-0.2, 0) is 4.79 Å². The summed E-state index contributed by atoms with van der Waals surface area (Å²) in [6.07, 6.45) is 1.25. The Morgan fingerprint density at radius 3 is 2.70 bits per heavy atom. The lowest BCUT2D eigenvalue weighted by Crippen LogP contribution is -2.22. The van der Waals surface area contributed by atoms with Crippen molar-refractivity contribution in [2.75, 3.05) is 17.2 Å². The number of nitrogens with one attached hydrogen (secondary N) is 2. The molecule has 1 amide bonds. The maximum atomic E-state index is 13.7. The molecule has 0 aliphatic heterocycles. The highest BCUT2D eigenvalue weighted by molar-refractivity contribution is 6.30. The zero-order valence-corrected chi connectivity index (χ0v) is 12.6. The highest BCUT2D eigenvalue weighted by Gasteiger charge is 2.09. The van der Waals surface area contributed by atoms with Crippen LogP contribution in [0, 0.1) is 5.82 Å². The molecule has 0 saturated heterocycles. The number of carbonyl (C=O) groups excluding carboxylic acids is 1. The Bertz CT molecular complexity index is 854. The molecule has 0 bridgehead atoms. The van der Waals surface area contributed by atoms with E-state index in [0.717, 1.165) is 0 Å². The molecule has 0 spiro atoms. The van der Waals surface area contributed by atoms with Crippen molar-refractivity contribution in [3.05, 3.63) is 59.6 Å². The summed E-state index contributed by atoms with van der Waals surface area (Å²) in [5.74, 6) is -0.283. The molecule has 116 valence electrons. The van der Waals surface area contributed by atoms with Crippen LogP contribution in [-0.4, -0.2) is 22.4 Å². The van der Waals surface area contributed by atoms with Crippen LogP contribution in [0.1, 0.15) is 0 Å². The van der Waals surface area contributed by atoms with Crippen molar-refractivity contribution in [1.29, 1.82) is 0 Å². The molecule has 3 aromatic rings. The molecule has 0 atom stereocenters. The van der Waals surface area contributed by atoms with Crippen LogP contribution < -0.4 is 10.6 Å². The number of fused-ring (bicyclic) bond motifs is 1. The molecule has 5 nitrogen and oxygen atoms in total. The smallest absolute Gasteiger partial charge is 0.243 e. The second-order valence-electron chi connectivity index (χ2n) is 4.77. The number of benzene rings is 2. The Kier molecular flexibility index (Phi) is 4.34. The number of hydrogen-bond donors (Lipinski definition) is 2. The lowest BCUT2D eigenvalue weighted by Gasteiger charge is -2.09. The zero-order chi connectivity index (χ0) is 16.2. The van der Waals surface area contributed by atoms with Crippen LogP contribution in [0.2, 0.25) is 5.02 Å². The van der Waals surface area contributed by atoms with Gasteiger partial charge in [0.15, 0.2) is 0 Å². The van der Waals surface area contributed by atoms with E-state index in [0.29, 0.717) is 21.9 Å². The van der Waals surface area contributed by atoms with Crippen molar-refractivity contribution >= 4 is 39.9 Å². The number of anilines is 2. The second kappa shape index (κ2) is 6.58. The maximum Gasteiger partial charge on any atom is 0.243 e. The van der Waals surface area contributed by atoms with Gasteiger partial charge >= 0.3 is 0 Å². The van der Waals surface area contributed by atoms with Gasteiger partial charge in [0.05, 0.1) is 6.54 Å². The topological polar surface area (TPSA) is 66.9 Å². The first kappa shape index (κ1) is 15.2. The van der Waals surface area contributed by atoms with Crippen LogP contribution in [0.3, 0.4) is 0 Å². The average molecular weight is 331 g/mol. The van der Waals surface area contributed by atoms with E-state index in [4.69, 9.17) is 11.6 Å². The molecule has 0 radical (unpaired) electrons. The standard InChI is InChI=1S/C16H12ClFN4O/c17-10-4-6-11(7-5-10)22-14(23)8-19-16-12-2-1-3-13(18)15(12)20-9-21-16/h1-7,9H,8H2,(H,22,23)(H,19,20,21). The predicted molar refractivity (Wildman–Crippen MR) is 88.1 cm³/mol. The Hall–Kier alpha value is -2.73. The lowest BCUT2D eigenvalue weighted by molar-refractivity contribution is -0.114. The summed E-state index contributed by atoms with van der Waals surface area (Å²) in [4.78, 5) is 19.9. The highest BCUT2D eigenvalue weighted by atomic mass is 35.5. The Labute approximate surface area is 136 Å². The minimum atomic E-state index is -0.432. The molecule has 0 aliphatic rings. The molecule has 23 heavy (non-hydrogen) atoms. The molecular formula is C16H12ClFN4O. The fourth-order valence-electron chi connectivity index (χ4n) is 2.09. The van der Waals surface area contributed by atoms with Crippen molar-refractivity contribution < 1.29 is 9.18 Å². The SMILES string of the molecule is O=C(CNc1ncnc2c(F)cccc12)Nc1ccc(Cl)cc1. The van der Waals surface area contributed by atoms with E-state index < -0.39 is 5.82 Å². The van der Waals surface area contributed by atoms with Crippen molar-refractivity contribution in [2.45, 2.75) is 0 Å². The number of rotatable bonds is 4. The number of carbonyl (C=O) groups is 1. The van der Waals surface area contributed by atoms with Crippen molar-refractivity contribution in [3.8, 4) is 0 Å². The van der Waals surface area contributed by atoms with E-state index in [1.807, 2.05) is 0 Å². The van der Waals surface area contributed by atoms with Gasteiger partial charge in [0.2, 0.25) is 5.91 Å². The average Bonchev–Trinajstić information content (AvgIpc) is 2.55. The molecule has 2 N–H and O–H groups in total. The lowest BCUT2D eigenvalue weighted by atomic mass is 10.2. The van der Waals surface area contributed by atoms with Crippen molar-refractivity contribution in [3.63, 3.8) is 0 Å². The van der Waals surface area contributed by atoms with E-state index >= 15 is 0 Å². The summed E-state index contributed by atoms with van der Waals surface area (Å²) in [5, 5.41) is 6.72. The Balaban J connectivity index is 1.70. The number of nitrogens with zero attached hydrogens (tertiary/aromatic N) is 2. The van der Waals surface area contributed by atoms with Crippen molar-refractivity contribution in [1.82, 2.24) is 9.97 Å². The minimum Gasteiger partial charge on any atom is -0.360 e. The normalized spacial score (nSPS) is 10.5. The van der Waals surface area contributed by atoms with Crippen LogP contribution >= 0.6 is 11.6 Å². The van der Waals surface area contributed by atoms with Gasteiger partial charge in [-0.05, 0) is 36.4 Å². The first-order valence-corrected chi connectivity index (χ1v) is 7.20. The first-order valence-electron chi connectivity index (χ1n) is 6.82. The van der Waals surface area contributed by atoms with Gasteiger partial charge in [-0.15, -0.1) is 0 Å². The number of aromatic nitrogens is 2. The van der Waals surface area contributed by atoms with Crippen LogP contribution in [0.5, 0.6) is 0 Å². The quantitative estimate of drug-likeness (QED) is 0.768. The Morgan fingerprint density at radius 2 is 1.91 bits per heavy atom. The third kappa shape index (κ3) is 3.54. The molecule has 1 aromatic heterocycles. The van der Waals surface area contributed by atoms with Gasteiger partial charge in [-0.1, -0.05) is 17.7 Å². The van der Waals surface area contributed by atoms with Gasteiger partial charge in [-0.25, -0.2) is 14.4 Å². The van der Waals surface area contributed by atoms with E-state index in [9.17, 15) is 9.18 Å². The van der Waals surface area contributed by atoms with Gasteiger partial charge in [0, 0.05) is 16.1 Å². The van der Waals surface area contributed by atoms with Crippen molar-refractivity contribution in [2.24, 2.45) is 0 Å². The van der Waals surface area contributed by atoms with Gasteiger partial charge in [-0.3, -0.25) is 4.79 Å². The summed E-state index contributed by atoms with van der Waals surface area (Å²) in [7, 11) is 0. The zero-order valence-electron chi connectivity index (χ0n) is 11.9. The van der Waals surface area contributed by atoms with E-state index in [1.54, 1.807) is 36.4 Å². The first-order chi connectivity index (χ1) is 11.1.